The smallest absolute Gasteiger partial charge is 0.308 e. The molecule has 0 aromatic heterocycles. The Morgan fingerprint density at radius 2 is 1.21 bits per heavy atom. The SMILES string of the molecule is C=C1CC2CCC34OC5C6OC(CCC6OC6C5OC(O)(C6O3)C4O)CC(=O)OC3C(CC4OC(CCC1O2)CC(C)C4=C)OC1CC2OC4(CC2OC1C3C)CC1OC2(CC(C)C3OC(C)C(O)CC3O2)CC(C)C1O4. The van der Waals surface area contributed by atoms with Crippen molar-refractivity contribution in [3.63, 3.8) is 0 Å². The quantitative estimate of drug-likeness (QED) is 0.225. The van der Waals surface area contributed by atoms with E-state index in [2.05, 4.69) is 40.9 Å². The van der Waals surface area contributed by atoms with E-state index in [0.717, 1.165) is 30.4 Å². The van der Waals surface area contributed by atoms with Gasteiger partial charge in [0.25, 0.3) is 0 Å². The number of carbonyl (C=O) groups excluding carboxylic acids is 1. The van der Waals surface area contributed by atoms with E-state index in [1.54, 1.807) is 0 Å². The molecule has 16 aliphatic rings. The lowest BCUT2D eigenvalue weighted by atomic mass is 9.78. The van der Waals surface area contributed by atoms with Crippen molar-refractivity contribution < 1.29 is 91.2 Å². The second-order valence-electron chi connectivity index (χ2n) is 26.9. The van der Waals surface area contributed by atoms with Crippen LogP contribution >= 0.6 is 0 Å². The molecule has 16 fully saturated rings. The Labute approximate surface area is 450 Å². The van der Waals surface area contributed by atoms with Crippen LogP contribution in [0.5, 0.6) is 0 Å². The minimum Gasteiger partial charge on any atom is -0.459 e. The van der Waals surface area contributed by atoms with Gasteiger partial charge in [0.05, 0.1) is 110 Å². The summed E-state index contributed by atoms with van der Waals surface area (Å²) in [6, 6.07) is 0. The number of rotatable bonds is 0. The van der Waals surface area contributed by atoms with Gasteiger partial charge in [0, 0.05) is 57.3 Å². The molecule has 16 heterocycles. The molecule has 0 aromatic carbocycles. The van der Waals surface area contributed by atoms with Crippen LogP contribution in [0.3, 0.4) is 0 Å². The molecule has 12 bridgehead atoms. The van der Waals surface area contributed by atoms with Crippen LogP contribution in [0.1, 0.15) is 137 Å². The molecule has 19 nitrogen and oxygen atoms in total. The highest BCUT2D eigenvalue weighted by atomic mass is 16.8. The van der Waals surface area contributed by atoms with E-state index in [-0.39, 0.29) is 110 Å². The van der Waals surface area contributed by atoms with E-state index in [9.17, 15) is 20.1 Å². The van der Waals surface area contributed by atoms with Crippen LogP contribution < -0.4 is 0 Å². The van der Waals surface area contributed by atoms with Gasteiger partial charge in [-0.2, -0.15) is 0 Å². The second-order valence-corrected chi connectivity index (χ2v) is 26.9. The topological polar surface area (TPSA) is 216 Å². The van der Waals surface area contributed by atoms with Gasteiger partial charge in [-0.15, -0.1) is 0 Å². The van der Waals surface area contributed by atoms with Gasteiger partial charge in [0.15, 0.2) is 17.7 Å². The molecule has 3 N–H and O–H groups in total. The number of fused-ring (bicyclic) bond motifs is 10. The van der Waals surface area contributed by atoms with Gasteiger partial charge >= 0.3 is 5.97 Å². The van der Waals surface area contributed by atoms with Gasteiger partial charge < -0.3 is 86.4 Å². The van der Waals surface area contributed by atoms with Gasteiger partial charge in [-0.25, -0.2) is 0 Å². The Morgan fingerprint density at radius 3 is 2.05 bits per heavy atom. The number of aliphatic hydroxyl groups excluding tert-OH is 2. The molecule has 32 atom stereocenters. The number of carbonyl (C=O) groups is 1. The van der Waals surface area contributed by atoms with Crippen LogP contribution in [-0.4, -0.2) is 191 Å². The number of hydrogen-bond acceptors (Lipinski definition) is 19. The van der Waals surface area contributed by atoms with E-state index in [0.29, 0.717) is 70.6 Å². The molecule has 19 heteroatoms. The minimum atomic E-state index is -2.02. The Hall–Kier alpha value is -1.73. The maximum atomic E-state index is 14.6. The van der Waals surface area contributed by atoms with Crippen molar-refractivity contribution in [1.82, 2.24) is 0 Å². The first-order chi connectivity index (χ1) is 36.8. The summed E-state index contributed by atoms with van der Waals surface area (Å²) in [5.74, 6) is -5.50. The highest BCUT2D eigenvalue weighted by molar-refractivity contribution is 5.70. The first-order valence-corrected chi connectivity index (χ1v) is 29.8. The van der Waals surface area contributed by atoms with E-state index in [4.69, 9.17) is 71.1 Å². The van der Waals surface area contributed by atoms with Crippen LogP contribution in [-0.2, 0) is 75.8 Å². The third-order valence-electron chi connectivity index (χ3n) is 21.6. The van der Waals surface area contributed by atoms with E-state index in [1.165, 1.54) is 0 Å². The van der Waals surface area contributed by atoms with Gasteiger partial charge in [-0.1, -0.05) is 40.9 Å². The minimum absolute atomic E-state index is 0.0227. The average Bonchev–Trinajstić information content (AvgIpc) is 4.32. The molecule has 0 amide bonds. The normalized spacial score (nSPS) is 60.6. The highest BCUT2D eigenvalue weighted by Crippen LogP contribution is 2.59. The zero-order valence-electron chi connectivity index (χ0n) is 45.3. The molecule has 0 radical (unpaired) electrons. The van der Waals surface area contributed by atoms with E-state index >= 15 is 0 Å². The summed E-state index contributed by atoms with van der Waals surface area (Å²) in [5.41, 5.74) is 2.02. The van der Waals surface area contributed by atoms with Crippen molar-refractivity contribution in [2.75, 3.05) is 0 Å². The van der Waals surface area contributed by atoms with Crippen molar-refractivity contribution in [2.24, 2.45) is 23.7 Å². The molecular formula is C58H82O19. The van der Waals surface area contributed by atoms with Gasteiger partial charge in [0.1, 0.15) is 36.6 Å². The molecule has 32 unspecified atom stereocenters. The molecule has 0 saturated carbocycles. The van der Waals surface area contributed by atoms with E-state index in [1.807, 2.05) is 6.92 Å². The Balaban J connectivity index is 0.678. The van der Waals surface area contributed by atoms with Crippen molar-refractivity contribution >= 4 is 5.97 Å². The zero-order valence-corrected chi connectivity index (χ0v) is 45.3. The largest absolute Gasteiger partial charge is 0.459 e. The standard InChI is InChI=1S/C58H82O19/c1-24-14-31-8-10-35-25(2)15-33(64-35)12-13-57-54(61)58(62)53(77-57)52-51(76-58)50(75-57)49-36(68-52)11-9-32(66-49)16-44(60)70-48-29(6)47-40(67-39(48)18-37(65-31)28(24)5)19-38-42(69-47)22-56(71-38)23-43-46(74-56)27(4)21-55(73-43)20-26(3)45-41(72-55)17-34(59)30(7)63-45/h24,26-27,29-43,45-54,59,61-62H,2,5,8-23H2,1,3-4,6-7H3. The van der Waals surface area contributed by atoms with Gasteiger partial charge in [-0.05, 0) is 80.8 Å². The van der Waals surface area contributed by atoms with Gasteiger partial charge in [-0.3, -0.25) is 4.79 Å². The summed E-state index contributed by atoms with van der Waals surface area (Å²) < 4.78 is 102. The average molecular weight is 1080 g/mol. The molecule has 0 aliphatic carbocycles. The molecule has 16 rings (SSSR count). The summed E-state index contributed by atoms with van der Waals surface area (Å²) in [5, 5.41) is 34.5. The van der Waals surface area contributed by atoms with Crippen LogP contribution in [0, 0.1) is 23.7 Å². The maximum absolute atomic E-state index is 14.6. The lowest BCUT2D eigenvalue weighted by Gasteiger charge is -2.54. The number of esters is 1. The maximum Gasteiger partial charge on any atom is 0.308 e. The van der Waals surface area contributed by atoms with Crippen LogP contribution in [0.15, 0.2) is 24.3 Å². The van der Waals surface area contributed by atoms with Crippen molar-refractivity contribution in [1.29, 1.82) is 0 Å². The molecule has 3 spiro atoms. The third kappa shape index (κ3) is 8.37. The Morgan fingerprint density at radius 1 is 0.506 bits per heavy atom. The summed E-state index contributed by atoms with van der Waals surface area (Å²) in [7, 11) is 0. The number of aliphatic hydroxyl groups is 3. The first kappa shape index (κ1) is 52.1. The highest BCUT2D eigenvalue weighted by Gasteiger charge is 2.79. The predicted molar refractivity (Wildman–Crippen MR) is 264 cm³/mol. The monoisotopic (exact) mass is 1080 g/mol. The first-order valence-electron chi connectivity index (χ1n) is 29.8. The van der Waals surface area contributed by atoms with E-state index < -0.39 is 102 Å². The summed E-state index contributed by atoms with van der Waals surface area (Å²) in [4.78, 5) is 14.6. The fraction of sp³-hybridized carbons (Fsp3) is 0.914. The van der Waals surface area contributed by atoms with Crippen molar-refractivity contribution in [2.45, 2.75) is 307 Å². The van der Waals surface area contributed by atoms with Crippen LogP contribution in [0.4, 0.5) is 0 Å². The molecule has 428 valence electrons. The lowest BCUT2D eigenvalue weighted by Crippen LogP contribution is -2.63. The summed E-state index contributed by atoms with van der Waals surface area (Å²) in [6.45, 7) is 19.7. The Kier molecular flexibility index (Phi) is 12.6. The molecule has 16 saturated heterocycles. The van der Waals surface area contributed by atoms with Crippen LogP contribution in [0.25, 0.3) is 0 Å². The van der Waals surface area contributed by atoms with Crippen molar-refractivity contribution in [3.8, 4) is 0 Å². The Bertz CT molecular complexity index is 2340. The molecular weight excluding hydrogens is 1000 g/mol. The van der Waals surface area contributed by atoms with Crippen molar-refractivity contribution in [3.05, 3.63) is 24.3 Å². The lowest BCUT2D eigenvalue weighted by molar-refractivity contribution is -0.370. The number of ether oxygens (including phenoxy) is 15. The molecule has 0 aromatic rings. The van der Waals surface area contributed by atoms with Crippen LogP contribution in [0.2, 0.25) is 0 Å². The second kappa shape index (κ2) is 18.6. The molecule has 77 heavy (non-hydrogen) atoms. The third-order valence-corrected chi connectivity index (χ3v) is 21.6. The summed E-state index contributed by atoms with van der Waals surface area (Å²) in [6.07, 6.45) is -2.42. The molecule has 16 aliphatic heterocycles. The fourth-order valence-corrected chi connectivity index (χ4v) is 17.8. The fourth-order valence-electron chi connectivity index (χ4n) is 17.8. The number of hydrogen-bond donors (Lipinski definition) is 3. The summed E-state index contributed by atoms with van der Waals surface area (Å²) >= 11 is 0. The zero-order chi connectivity index (χ0) is 52.8. The van der Waals surface area contributed by atoms with Gasteiger partial charge in [0.2, 0.25) is 11.6 Å². The predicted octanol–water partition coefficient (Wildman–Crippen LogP) is 4.49.